The number of hydrogen-bond donors (Lipinski definition) is 1. The van der Waals surface area contributed by atoms with Crippen LogP contribution in [0.4, 0.5) is 4.79 Å². The monoisotopic (exact) mass is 405 g/mol. The number of hydrogen-bond acceptors (Lipinski definition) is 6. The second kappa shape index (κ2) is 8.40. The standard InChI is InChI=1S/C19H27N5O3S/c1-19(2,3)27-18(26)20-13-17(25)23-8-10-24(11-9-23)28-16-7-5-6-15-14(16)12-21-22(15)4/h5-7,12H,8-11,13H2,1-4H3,(H,20,26). The normalized spacial score (nSPS) is 15.6. The van der Waals surface area contributed by atoms with Crippen LogP contribution < -0.4 is 5.32 Å². The van der Waals surface area contributed by atoms with Gasteiger partial charge < -0.3 is 15.0 Å². The molecule has 0 bridgehead atoms. The van der Waals surface area contributed by atoms with Crippen LogP contribution in [0.5, 0.6) is 0 Å². The molecule has 1 aromatic heterocycles. The molecule has 1 saturated heterocycles. The molecule has 1 aliphatic heterocycles. The molecule has 2 amide bonds. The summed E-state index contributed by atoms with van der Waals surface area (Å²) in [7, 11) is 1.94. The van der Waals surface area contributed by atoms with Crippen LogP contribution >= 0.6 is 11.9 Å². The van der Waals surface area contributed by atoms with Crippen LogP contribution in [-0.4, -0.2) is 69.3 Å². The van der Waals surface area contributed by atoms with Crippen molar-refractivity contribution in [2.45, 2.75) is 31.3 Å². The fraction of sp³-hybridized carbons (Fsp3) is 0.526. The number of rotatable bonds is 4. The van der Waals surface area contributed by atoms with Gasteiger partial charge in [-0.1, -0.05) is 6.07 Å². The zero-order valence-electron chi connectivity index (χ0n) is 16.8. The Balaban J connectivity index is 1.47. The SMILES string of the molecule is Cn1ncc2c(SN3CCN(C(=O)CNC(=O)OC(C)(C)C)CC3)cccc21. The second-order valence-electron chi connectivity index (χ2n) is 7.71. The van der Waals surface area contributed by atoms with E-state index in [-0.39, 0.29) is 12.5 Å². The molecule has 8 nitrogen and oxygen atoms in total. The van der Waals surface area contributed by atoms with Crippen LogP contribution in [-0.2, 0) is 16.6 Å². The highest BCUT2D eigenvalue weighted by Gasteiger charge is 2.23. The van der Waals surface area contributed by atoms with Gasteiger partial charge in [0.15, 0.2) is 0 Å². The number of piperazine rings is 1. The van der Waals surface area contributed by atoms with E-state index in [0.717, 1.165) is 28.9 Å². The summed E-state index contributed by atoms with van der Waals surface area (Å²) in [6.07, 6.45) is 1.32. The Morgan fingerprint density at radius 3 is 2.61 bits per heavy atom. The zero-order chi connectivity index (χ0) is 20.3. The van der Waals surface area contributed by atoms with Gasteiger partial charge in [-0.15, -0.1) is 0 Å². The molecule has 9 heteroatoms. The highest BCUT2D eigenvalue weighted by Crippen LogP contribution is 2.30. The molecule has 2 heterocycles. The molecule has 0 aliphatic carbocycles. The van der Waals surface area contributed by atoms with E-state index in [4.69, 9.17) is 4.74 Å². The van der Waals surface area contributed by atoms with Gasteiger partial charge in [0.25, 0.3) is 0 Å². The average molecular weight is 406 g/mol. The minimum Gasteiger partial charge on any atom is -0.444 e. The zero-order valence-corrected chi connectivity index (χ0v) is 17.6. The fourth-order valence-electron chi connectivity index (χ4n) is 2.97. The number of amides is 2. The first kappa shape index (κ1) is 20.5. The Kier molecular flexibility index (Phi) is 6.14. The summed E-state index contributed by atoms with van der Waals surface area (Å²) in [5.41, 5.74) is 0.527. The highest BCUT2D eigenvalue weighted by atomic mass is 32.2. The van der Waals surface area contributed by atoms with Crippen molar-refractivity contribution < 1.29 is 14.3 Å². The second-order valence-corrected chi connectivity index (χ2v) is 8.85. The van der Waals surface area contributed by atoms with Crippen LogP contribution in [0.3, 0.4) is 0 Å². The minimum absolute atomic E-state index is 0.0446. The molecule has 2 aromatic rings. The summed E-state index contributed by atoms with van der Waals surface area (Å²) in [5.74, 6) is -0.0927. The van der Waals surface area contributed by atoms with Crippen molar-refractivity contribution in [2.24, 2.45) is 7.05 Å². The van der Waals surface area contributed by atoms with Gasteiger partial charge in [-0.05, 0) is 44.9 Å². The number of carbonyl (C=O) groups is 2. The van der Waals surface area contributed by atoms with Crippen molar-refractivity contribution in [2.75, 3.05) is 32.7 Å². The van der Waals surface area contributed by atoms with Gasteiger partial charge in [-0.3, -0.25) is 9.48 Å². The molecule has 28 heavy (non-hydrogen) atoms. The van der Waals surface area contributed by atoms with Crippen molar-refractivity contribution in [3.8, 4) is 0 Å². The molecule has 0 saturated carbocycles. The lowest BCUT2D eigenvalue weighted by Gasteiger charge is -2.34. The van der Waals surface area contributed by atoms with Crippen LogP contribution in [0.1, 0.15) is 20.8 Å². The van der Waals surface area contributed by atoms with Gasteiger partial charge in [0.05, 0.1) is 11.7 Å². The lowest BCUT2D eigenvalue weighted by molar-refractivity contribution is -0.131. The Morgan fingerprint density at radius 2 is 1.93 bits per heavy atom. The van der Waals surface area contributed by atoms with Gasteiger partial charge in [0.1, 0.15) is 12.1 Å². The molecule has 0 radical (unpaired) electrons. The minimum atomic E-state index is -0.576. The molecule has 0 atom stereocenters. The Morgan fingerprint density at radius 1 is 1.21 bits per heavy atom. The average Bonchev–Trinajstić information content (AvgIpc) is 3.01. The van der Waals surface area contributed by atoms with Crippen LogP contribution in [0.15, 0.2) is 29.3 Å². The van der Waals surface area contributed by atoms with Gasteiger partial charge >= 0.3 is 6.09 Å². The summed E-state index contributed by atoms with van der Waals surface area (Å²) in [5, 5.41) is 7.99. The molecular weight excluding hydrogens is 378 g/mol. The first-order valence-electron chi connectivity index (χ1n) is 9.31. The number of fused-ring (bicyclic) bond motifs is 1. The number of nitrogens with one attached hydrogen (secondary N) is 1. The lowest BCUT2D eigenvalue weighted by Crippen LogP contribution is -2.49. The van der Waals surface area contributed by atoms with Crippen molar-refractivity contribution in [1.29, 1.82) is 0 Å². The Bertz CT molecular complexity index is 853. The predicted molar refractivity (Wildman–Crippen MR) is 109 cm³/mol. The van der Waals surface area contributed by atoms with Gasteiger partial charge in [-0.25, -0.2) is 9.10 Å². The van der Waals surface area contributed by atoms with E-state index in [0.29, 0.717) is 13.1 Å². The van der Waals surface area contributed by atoms with E-state index in [1.165, 1.54) is 0 Å². The molecule has 1 aromatic carbocycles. The van der Waals surface area contributed by atoms with E-state index in [1.807, 2.05) is 24.0 Å². The number of nitrogens with zero attached hydrogens (tertiary/aromatic N) is 4. The number of carbonyl (C=O) groups excluding carboxylic acids is 2. The fourth-order valence-corrected chi connectivity index (χ4v) is 3.99. The molecule has 1 aliphatic rings. The smallest absolute Gasteiger partial charge is 0.408 e. The maximum absolute atomic E-state index is 12.3. The predicted octanol–water partition coefficient (Wildman–Crippen LogP) is 2.25. The van der Waals surface area contributed by atoms with Gasteiger partial charge in [0.2, 0.25) is 5.91 Å². The summed E-state index contributed by atoms with van der Waals surface area (Å²) >= 11 is 1.70. The van der Waals surface area contributed by atoms with Gasteiger partial charge in [-0.2, -0.15) is 5.10 Å². The van der Waals surface area contributed by atoms with E-state index >= 15 is 0 Å². The van der Waals surface area contributed by atoms with Crippen LogP contribution in [0.25, 0.3) is 10.9 Å². The molecule has 0 spiro atoms. The highest BCUT2D eigenvalue weighted by molar-refractivity contribution is 7.97. The molecule has 1 fully saturated rings. The van der Waals surface area contributed by atoms with Crippen molar-refractivity contribution in [3.05, 3.63) is 24.4 Å². The maximum Gasteiger partial charge on any atom is 0.408 e. The first-order chi connectivity index (χ1) is 13.2. The van der Waals surface area contributed by atoms with E-state index in [1.54, 1.807) is 37.6 Å². The third-order valence-electron chi connectivity index (χ3n) is 4.35. The number of alkyl carbamates (subject to hydrolysis) is 1. The summed E-state index contributed by atoms with van der Waals surface area (Å²) < 4.78 is 9.28. The summed E-state index contributed by atoms with van der Waals surface area (Å²) in [6, 6.07) is 6.19. The third-order valence-corrected chi connectivity index (χ3v) is 5.53. The number of aromatic nitrogens is 2. The maximum atomic E-state index is 12.3. The third kappa shape index (κ3) is 5.17. The van der Waals surface area contributed by atoms with Crippen molar-refractivity contribution in [3.63, 3.8) is 0 Å². The number of ether oxygens (including phenoxy) is 1. The van der Waals surface area contributed by atoms with Crippen LogP contribution in [0, 0.1) is 0 Å². The molecule has 152 valence electrons. The van der Waals surface area contributed by atoms with E-state index in [9.17, 15) is 9.59 Å². The topological polar surface area (TPSA) is 79.7 Å². The largest absolute Gasteiger partial charge is 0.444 e. The Labute approximate surface area is 169 Å². The van der Waals surface area contributed by atoms with Crippen LogP contribution in [0.2, 0.25) is 0 Å². The van der Waals surface area contributed by atoms with Crippen molar-refractivity contribution in [1.82, 2.24) is 24.3 Å². The first-order valence-corrected chi connectivity index (χ1v) is 10.1. The van der Waals surface area contributed by atoms with Gasteiger partial charge in [0, 0.05) is 43.5 Å². The molecule has 3 rings (SSSR count). The molecular formula is C19H27N5O3S. The Hall–Kier alpha value is -2.26. The quantitative estimate of drug-likeness (QED) is 0.786. The van der Waals surface area contributed by atoms with E-state index in [2.05, 4.69) is 26.9 Å². The molecule has 0 unspecified atom stereocenters. The van der Waals surface area contributed by atoms with Crippen molar-refractivity contribution >= 4 is 34.9 Å². The summed E-state index contributed by atoms with van der Waals surface area (Å²) in [6.45, 7) is 8.11. The summed E-state index contributed by atoms with van der Waals surface area (Å²) in [4.78, 5) is 27.0. The number of benzene rings is 1. The number of aryl methyl sites for hydroxylation is 1. The lowest BCUT2D eigenvalue weighted by atomic mass is 10.2. The molecule has 1 N–H and O–H groups in total. The van der Waals surface area contributed by atoms with E-state index < -0.39 is 11.7 Å².